The molecule has 10 heteroatoms. The van der Waals surface area contributed by atoms with Crippen LogP contribution < -0.4 is 16.4 Å². The lowest BCUT2D eigenvalue weighted by Crippen LogP contribution is -2.26. The normalized spacial score (nSPS) is 18.1. The first-order chi connectivity index (χ1) is 17.0. The fraction of sp³-hybridized carbons (Fsp3) is 0.360. The number of amides is 1. The van der Waals surface area contributed by atoms with Crippen molar-refractivity contribution in [2.75, 3.05) is 30.8 Å². The van der Waals surface area contributed by atoms with E-state index in [1.165, 1.54) is 0 Å². The van der Waals surface area contributed by atoms with Gasteiger partial charge >= 0.3 is 0 Å². The summed E-state index contributed by atoms with van der Waals surface area (Å²) in [6.07, 6.45) is 3.77. The minimum Gasteiger partial charge on any atom is -0.373 e. The summed E-state index contributed by atoms with van der Waals surface area (Å²) in [4.78, 5) is 18.6. The van der Waals surface area contributed by atoms with Crippen molar-refractivity contribution in [3.8, 4) is 0 Å². The molecule has 1 atom stereocenters. The van der Waals surface area contributed by atoms with Crippen molar-refractivity contribution in [2.24, 2.45) is 5.73 Å². The smallest absolute Gasteiger partial charge is 0.273 e. The van der Waals surface area contributed by atoms with Crippen LogP contribution in [0.15, 0.2) is 36.4 Å². The molecule has 2 aliphatic rings. The zero-order valence-corrected chi connectivity index (χ0v) is 19.6. The summed E-state index contributed by atoms with van der Waals surface area (Å²) in [5, 5.41) is 14.0. The summed E-state index contributed by atoms with van der Waals surface area (Å²) in [5.74, 6) is -0.984. The molecule has 0 aliphatic carbocycles. The van der Waals surface area contributed by atoms with Crippen LogP contribution in [0.4, 0.5) is 27.5 Å². The third-order valence-electron chi connectivity index (χ3n) is 6.40. The first-order valence-corrected chi connectivity index (χ1v) is 11.8. The average Bonchev–Trinajstić information content (AvgIpc) is 2.86. The Hall–Kier alpha value is -3.63. The maximum absolute atomic E-state index is 14.8. The number of halogens is 1. The standard InChI is InChI=1S/C25H28FN7O2/c1-33-10-9-15-12-18(26)20(13-16(15)14-33)29-25-30-24(22(23(27)34)31-32-25)28-19-7-3-2-6-17(19)21-8-4-5-11-35-21/h2-3,6-7,12-13,21H,4-5,8-11,14H2,1H3,(H2,27,34)(H2,28,29,30,32). The molecule has 2 aliphatic heterocycles. The van der Waals surface area contributed by atoms with E-state index in [0.29, 0.717) is 6.61 Å². The number of ether oxygens (including phenoxy) is 1. The molecule has 3 aromatic rings. The Morgan fingerprint density at radius 2 is 2.00 bits per heavy atom. The zero-order chi connectivity index (χ0) is 24.4. The second-order valence-corrected chi connectivity index (χ2v) is 8.98. The van der Waals surface area contributed by atoms with Crippen molar-refractivity contribution in [1.29, 1.82) is 0 Å². The number of fused-ring (bicyclic) bond motifs is 1. The van der Waals surface area contributed by atoms with Crippen LogP contribution >= 0.6 is 0 Å². The first kappa shape index (κ1) is 23.1. The van der Waals surface area contributed by atoms with Gasteiger partial charge in [-0.25, -0.2) is 4.39 Å². The van der Waals surface area contributed by atoms with E-state index < -0.39 is 11.7 Å². The molecule has 35 heavy (non-hydrogen) atoms. The Labute approximate surface area is 202 Å². The van der Waals surface area contributed by atoms with Crippen LogP contribution in [0.3, 0.4) is 0 Å². The van der Waals surface area contributed by atoms with Crippen LogP contribution in [0, 0.1) is 5.82 Å². The fourth-order valence-electron chi connectivity index (χ4n) is 4.57. The number of anilines is 4. The molecule has 3 heterocycles. The predicted molar refractivity (Wildman–Crippen MR) is 130 cm³/mol. The molecular formula is C25H28FN7O2. The van der Waals surface area contributed by atoms with Crippen molar-refractivity contribution in [3.05, 3.63) is 64.6 Å². The Kier molecular flexibility index (Phi) is 6.56. The summed E-state index contributed by atoms with van der Waals surface area (Å²) in [7, 11) is 2.03. The molecule has 1 saturated heterocycles. The van der Waals surface area contributed by atoms with Gasteiger partial charge in [0.1, 0.15) is 5.82 Å². The van der Waals surface area contributed by atoms with Crippen molar-refractivity contribution < 1.29 is 13.9 Å². The third-order valence-corrected chi connectivity index (χ3v) is 6.40. The molecule has 1 unspecified atom stereocenters. The van der Waals surface area contributed by atoms with Crippen LogP contribution in [0.1, 0.15) is 52.5 Å². The van der Waals surface area contributed by atoms with E-state index in [9.17, 15) is 9.18 Å². The number of hydrogen-bond acceptors (Lipinski definition) is 8. The van der Waals surface area contributed by atoms with E-state index in [1.807, 2.05) is 31.3 Å². The number of primary amides is 1. The van der Waals surface area contributed by atoms with Gasteiger partial charge in [-0.05, 0) is 62.1 Å². The van der Waals surface area contributed by atoms with Crippen LogP contribution in [0.5, 0.6) is 0 Å². The second kappa shape index (κ2) is 9.93. The molecule has 0 saturated carbocycles. The largest absolute Gasteiger partial charge is 0.373 e. The molecule has 0 bridgehead atoms. The number of hydrogen-bond donors (Lipinski definition) is 3. The van der Waals surface area contributed by atoms with Crippen LogP contribution in [-0.4, -0.2) is 46.2 Å². The highest BCUT2D eigenvalue weighted by Crippen LogP contribution is 2.34. The van der Waals surface area contributed by atoms with Crippen LogP contribution in [0.2, 0.25) is 0 Å². The van der Waals surface area contributed by atoms with Gasteiger partial charge in [-0.3, -0.25) is 4.79 Å². The van der Waals surface area contributed by atoms with Gasteiger partial charge < -0.3 is 26.0 Å². The second-order valence-electron chi connectivity index (χ2n) is 8.98. The van der Waals surface area contributed by atoms with E-state index in [0.717, 1.165) is 61.2 Å². The van der Waals surface area contributed by atoms with Crippen LogP contribution in [-0.2, 0) is 17.7 Å². The summed E-state index contributed by atoms with van der Waals surface area (Å²) < 4.78 is 20.8. The van der Waals surface area contributed by atoms with Gasteiger partial charge in [-0.1, -0.05) is 18.2 Å². The molecule has 9 nitrogen and oxygen atoms in total. The van der Waals surface area contributed by atoms with Gasteiger partial charge in [-0.15, -0.1) is 10.2 Å². The van der Waals surface area contributed by atoms with Crippen molar-refractivity contribution in [3.63, 3.8) is 0 Å². The minimum atomic E-state index is -0.770. The number of benzene rings is 2. The Morgan fingerprint density at radius 1 is 1.14 bits per heavy atom. The van der Waals surface area contributed by atoms with Gasteiger partial charge in [0.2, 0.25) is 5.95 Å². The molecule has 4 N–H and O–H groups in total. The number of carbonyl (C=O) groups is 1. The van der Waals surface area contributed by atoms with Crippen LogP contribution in [0.25, 0.3) is 0 Å². The van der Waals surface area contributed by atoms with Crippen molar-refractivity contribution in [2.45, 2.75) is 38.3 Å². The highest BCUT2D eigenvalue weighted by atomic mass is 19.1. The van der Waals surface area contributed by atoms with E-state index >= 15 is 0 Å². The summed E-state index contributed by atoms with van der Waals surface area (Å²) in [5.41, 5.74) is 9.41. The first-order valence-electron chi connectivity index (χ1n) is 11.8. The number of nitrogens with zero attached hydrogens (tertiary/aromatic N) is 4. The number of carbonyl (C=O) groups excluding carboxylic acids is 1. The molecule has 0 radical (unpaired) electrons. The van der Waals surface area contributed by atoms with Gasteiger partial charge in [0.05, 0.1) is 11.8 Å². The number of aromatic nitrogens is 3. The maximum atomic E-state index is 14.8. The van der Waals surface area contributed by atoms with Crippen molar-refractivity contribution in [1.82, 2.24) is 20.1 Å². The van der Waals surface area contributed by atoms with Gasteiger partial charge in [-0.2, -0.15) is 4.98 Å². The summed E-state index contributed by atoms with van der Waals surface area (Å²) in [6, 6.07) is 11.0. The minimum absolute atomic E-state index is 0.0481. The van der Waals surface area contributed by atoms with Crippen molar-refractivity contribution >= 4 is 29.0 Å². The number of rotatable bonds is 6. The Bertz CT molecular complexity index is 1250. The fourth-order valence-corrected chi connectivity index (χ4v) is 4.57. The number of likely N-dealkylation sites (N-methyl/N-ethyl adjacent to an activating group) is 1. The average molecular weight is 478 g/mol. The Morgan fingerprint density at radius 3 is 2.80 bits per heavy atom. The van der Waals surface area contributed by atoms with Gasteiger partial charge in [0.25, 0.3) is 5.91 Å². The molecular weight excluding hydrogens is 449 g/mol. The quantitative estimate of drug-likeness (QED) is 0.490. The van der Waals surface area contributed by atoms with E-state index in [4.69, 9.17) is 10.5 Å². The molecule has 1 aromatic heterocycles. The summed E-state index contributed by atoms with van der Waals surface area (Å²) >= 11 is 0. The monoisotopic (exact) mass is 477 g/mol. The number of para-hydroxylation sites is 1. The highest BCUT2D eigenvalue weighted by Gasteiger charge is 2.22. The van der Waals surface area contributed by atoms with Gasteiger partial charge in [0.15, 0.2) is 11.5 Å². The number of nitrogens with one attached hydrogen (secondary N) is 2. The van der Waals surface area contributed by atoms with E-state index in [1.54, 1.807) is 12.1 Å². The predicted octanol–water partition coefficient (Wildman–Crippen LogP) is 3.83. The zero-order valence-electron chi connectivity index (χ0n) is 19.6. The van der Waals surface area contributed by atoms with Gasteiger partial charge in [0, 0.05) is 30.9 Å². The molecule has 182 valence electrons. The third kappa shape index (κ3) is 5.08. The maximum Gasteiger partial charge on any atom is 0.273 e. The molecule has 1 amide bonds. The topological polar surface area (TPSA) is 118 Å². The Balaban J connectivity index is 1.45. The molecule has 0 spiro atoms. The number of nitrogens with two attached hydrogens (primary N) is 1. The van der Waals surface area contributed by atoms with E-state index in [2.05, 4.69) is 30.7 Å². The molecule has 1 fully saturated rings. The lowest BCUT2D eigenvalue weighted by Gasteiger charge is -2.26. The molecule has 5 rings (SSSR count). The van der Waals surface area contributed by atoms with E-state index in [-0.39, 0.29) is 29.3 Å². The lowest BCUT2D eigenvalue weighted by atomic mass is 9.99. The SMILES string of the molecule is CN1CCc2cc(F)c(Nc3nnc(C(N)=O)c(Nc4ccccc4C4CCCCO4)n3)cc2C1. The molecule has 2 aromatic carbocycles. The summed E-state index contributed by atoms with van der Waals surface area (Å²) in [6.45, 7) is 2.33. The lowest BCUT2D eigenvalue weighted by molar-refractivity contribution is 0.0154. The highest BCUT2D eigenvalue weighted by molar-refractivity contribution is 5.96.